The standard InChI is InChI=1S/C19H15F5N2O4S2/c1-29-12-4-3-11(16(7-12)30-2)10-26(18-25-9-17(21)31-18)32(27,28)13-5-6-15(20)14(8-13)19(22,23)24/h3-9H,10H2,1-2H3. The van der Waals surface area contributed by atoms with Crippen LogP contribution >= 0.6 is 11.3 Å². The highest BCUT2D eigenvalue weighted by Gasteiger charge is 2.37. The quantitative estimate of drug-likeness (QED) is 0.439. The highest BCUT2D eigenvalue weighted by atomic mass is 32.2. The van der Waals surface area contributed by atoms with Crippen LogP contribution in [0.15, 0.2) is 47.5 Å². The Balaban J connectivity index is 2.13. The summed E-state index contributed by atoms with van der Waals surface area (Å²) in [5.41, 5.74) is -1.45. The van der Waals surface area contributed by atoms with E-state index in [1.807, 2.05) is 0 Å². The number of hydrogen-bond donors (Lipinski definition) is 0. The van der Waals surface area contributed by atoms with Crippen LogP contribution in [0.2, 0.25) is 0 Å². The van der Waals surface area contributed by atoms with Gasteiger partial charge in [-0.2, -0.15) is 17.6 Å². The SMILES string of the molecule is COc1ccc(CN(c2ncc(F)s2)S(=O)(=O)c2ccc(F)c(C(F)(F)F)c2)c(OC)c1. The van der Waals surface area contributed by atoms with E-state index in [1.165, 1.54) is 32.4 Å². The van der Waals surface area contributed by atoms with Gasteiger partial charge >= 0.3 is 6.18 Å². The molecule has 2 aromatic carbocycles. The third-order valence-electron chi connectivity index (χ3n) is 4.32. The van der Waals surface area contributed by atoms with Crippen LogP contribution in [0.3, 0.4) is 0 Å². The third-order valence-corrected chi connectivity index (χ3v) is 6.97. The first-order valence-corrected chi connectivity index (χ1v) is 10.9. The Hall–Kier alpha value is -2.93. The number of hydrogen-bond acceptors (Lipinski definition) is 6. The first-order valence-electron chi connectivity index (χ1n) is 8.69. The molecule has 0 N–H and O–H groups in total. The first-order chi connectivity index (χ1) is 15.0. The Morgan fingerprint density at radius 2 is 1.78 bits per heavy atom. The fourth-order valence-electron chi connectivity index (χ4n) is 2.76. The van der Waals surface area contributed by atoms with Crippen LogP contribution in [0.5, 0.6) is 11.5 Å². The van der Waals surface area contributed by atoms with Gasteiger partial charge in [0.05, 0.1) is 37.4 Å². The molecule has 3 rings (SSSR count). The third kappa shape index (κ3) is 4.78. The van der Waals surface area contributed by atoms with E-state index in [0.717, 1.165) is 6.20 Å². The smallest absolute Gasteiger partial charge is 0.419 e. The predicted molar refractivity (Wildman–Crippen MR) is 106 cm³/mol. The molecule has 1 heterocycles. The summed E-state index contributed by atoms with van der Waals surface area (Å²) in [6.07, 6.45) is -4.34. The molecule has 0 fully saturated rings. The molecule has 0 bridgehead atoms. The molecule has 0 radical (unpaired) electrons. The lowest BCUT2D eigenvalue weighted by molar-refractivity contribution is -0.140. The molecule has 0 aliphatic heterocycles. The number of ether oxygens (including phenoxy) is 2. The largest absolute Gasteiger partial charge is 0.497 e. The van der Waals surface area contributed by atoms with Gasteiger partial charge < -0.3 is 9.47 Å². The summed E-state index contributed by atoms with van der Waals surface area (Å²) in [5.74, 6) is -0.995. The van der Waals surface area contributed by atoms with Crippen molar-refractivity contribution in [2.45, 2.75) is 17.6 Å². The van der Waals surface area contributed by atoms with Crippen molar-refractivity contribution in [2.75, 3.05) is 18.5 Å². The lowest BCUT2D eigenvalue weighted by Crippen LogP contribution is -2.31. The molecule has 6 nitrogen and oxygen atoms in total. The van der Waals surface area contributed by atoms with Crippen molar-refractivity contribution in [3.05, 3.63) is 64.7 Å². The van der Waals surface area contributed by atoms with Gasteiger partial charge in [-0.1, -0.05) is 11.3 Å². The van der Waals surface area contributed by atoms with E-state index in [-0.39, 0.29) is 16.9 Å². The number of methoxy groups -OCH3 is 2. The number of alkyl halides is 3. The summed E-state index contributed by atoms with van der Waals surface area (Å²) in [6, 6.07) is 5.77. The van der Waals surface area contributed by atoms with E-state index < -0.39 is 44.2 Å². The van der Waals surface area contributed by atoms with Crippen LogP contribution in [-0.2, 0) is 22.7 Å². The van der Waals surface area contributed by atoms with Gasteiger partial charge in [-0.25, -0.2) is 22.1 Å². The average Bonchev–Trinajstić information content (AvgIpc) is 3.16. The second-order valence-electron chi connectivity index (χ2n) is 6.28. The van der Waals surface area contributed by atoms with E-state index in [2.05, 4.69) is 4.98 Å². The molecule has 172 valence electrons. The summed E-state index contributed by atoms with van der Waals surface area (Å²) in [4.78, 5) is 2.87. The Morgan fingerprint density at radius 3 is 2.34 bits per heavy atom. The predicted octanol–water partition coefficient (Wildman–Crippen LogP) is 4.85. The van der Waals surface area contributed by atoms with Crippen molar-refractivity contribution in [1.29, 1.82) is 0 Å². The molecule has 0 saturated carbocycles. The number of sulfonamides is 1. The van der Waals surface area contributed by atoms with Crippen LogP contribution < -0.4 is 13.8 Å². The number of halogens is 5. The van der Waals surface area contributed by atoms with Gasteiger partial charge in [-0.05, 0) is 30.3 Å². The number of nitrogens with zero attached hydrogens (tertiary/aromatic N) is 2. The Bertz CT molecular complexity index is 1230. The second kappa shape index (κ2) is 8.90. The van der Waals surface area contributed by atoms with Crippen LogP contribution in [0.25, 0.3) is 0 Å². The number of anilines is 1. The Morgan fingerprint density at radius 1 is 1.06 bits per heavy atom. The minimum absolute atomic E-state index is 0.187. The van der Waals surface area contributed by atoms with Crippen LogP contribution in [0.4, 0.5) is 27.1 Å². The highest BCUT2D eigenvalue weighted by molar-refractivity contribution is 7.93. The number of aromatic nitrogens is 1. The fourth-order valence-corrected chi connectivity index (χ4v) is 5.04. The number of rotatable bonds is 7. The minimum atomic E-state index is -5.12. The molecular formula is C19H15F5N2O4S2. The molecule has 0 aliphatic carbocycles. The summed E-state index contributed by atoms with van der Waals surface area (Å²) < 4.78 is 104. The Kier molecular flexibility index (Phi) is 6.60. The van der Waals surface area contributed by atoms with E-state index >= 15 is 0 Å². The van der Waals surface area contributed by atoms with Gasteiger partial charge in [-0.3, -0.25) is 0 Å². The maximum atomic E-state index is 13.7. The number of thiazole rings is 1. The van der Waals surface area contributed by atoms with Gasteiger partial charge in [0.1, 0.15) is 17.3 Å². The zero-order valence-corrected chi connectivity index (χ0v) is 18.1. The molecule has 13 heteroatoms. The lowest BCUT2D eigenvalue weighted by Gasteiger charge is -2.23. The summed E-state index contributed by atoms with van der Waals surface area (Å²) in [7, 11) is -1.98. The zero-order valence-electron chi connectivity index (χ0n) is 16.5. The molecular weight excluding hydrogens is 479 g/mol. The Labute approximate surface area is 183 Å². The van der Waals surface area contributed by atoms with Crippen molar-refractivity contribution in [2.24, 2.45) is 0 Å². The van der Waals surface area contributed by atoms with E-state index in [4.69, 9.17) is 9.47 Å². The molecule has 0 saturated heterocycles. The molecule has 0 amide bonds. The fraction of sp³-hybridized carbons (Fsp3) is 0.211. The van der Waals surface area contributed by atoms with Gasteiger partial charge in [0.2, 0.25) is 5.13 Å². The molecule has 1 aromatic heterocycles. The molecule has 0 spiro atoms. The van der Waals surface area contributed by atoms with E-state index in [0.29, 0.717) is 39.1 Å². The minimum Gasteiger partial charge on any atom is -0.497 e. The average molecular weight is 494 g/mol. The van der Waals surface area contributed by atoms with E-state index in [9.17, 15) is 30.4 Å². The zero-order chi connectivity index (χ0) is 23.7. The topological polar surface area (TPSA) is 68.7 Å². The van der Waals surface area contributed by atoms with Crippen molar-refractivity contribution in [3.63, 3.8) is 0 Å². The van der Waals surface area contributed by atoms with Crippen molar-refractivity contribution in [1.82, 2.24) is 4.98 Å². The summed E-state index contributed by atoms with van der Waals surface area (Å²) >= 11 is 0.378. The summed E-state index contributed by atoms with van der Waals surface area (Å²) in [6.45, 7) is -0.457. The molecule has 0 aliphatic rings. The van der Waals surface area contributed by atoms with Crippen LogP contribution in [0.1, 0.15) is 11.1 Å². The van der Waals surface area contributed by atoms with Gasteiger partial charge in [0, 0.05) is 11.6 Å². The van der Waals surface area contributed by atoms with Gasteiger partial charge in [0.15, 0.2) is 5.13 Å². The van der Waals surface area contributed by atoms with Gasteiger partial charge in [-0.15, -0.1) is 0 Å². The van der Waals surface area contributed by atoms with Crippen molar-refractivity contribution >= 4 is 26.5 Å². The summed E-state index contributed by atoms with van der Waals surface area (Å²) in [5, 5.41) is -1.14. The highest BCUT2D eigenvalue weighted by Crippen LogP contribution is 2.36. The van der Waals surface area contributed by atoms with Crippen LogP contribution in [0, 0.1) is 10.9 Å². The normalized spacial score (nSPS) is 12.0. The van der Waals surface area contributed by atoms with Crippen molar-refractivity contribution < 1.29 is 39.8 Å². The lowest BCUT2D eigenvalue weighted by atomic mass is 10.2. The van der Waals surface area contributed by atoms with Crippen LogP contribution in [-0.4, -0.2) is 27.6 Å². The molecule has 3 aromatic rings. The molecule has 32 heavy (non-hydrogen) atoms. The molecule has 0 atom stereocenters. The van der Waals surface area contributed by atoms with Crippen molar-refractivity contribution in [3.8, 4) is 11.5 Å². The second-order valence-corrected chi connectivity index (χ2v) is 9.10. The van der Waals surface area contributed by atoms with Gasteiger partial charge in [0.25, 0.3) is 10.0 Å². The monoisotopic (exact) mass is 494 g/mol. The number of benzene rings is 2. The maximum absolute atomic E-state index is 13.7. The first kappa shape index (κ1) is 23.7. The van der Waals surface area contributed by atoms with E-state index in [1.54, 1.807) is 0 Å². The molecule has 0 unspecified atom stereocenters. The maximum Gasteiger partial charge on any atom is 0.419 e.